The number of rotatable bonds is 4. The lowest BCUT2D eigenvalue weighted by Crippen LogP contribution is -2.31. The van der Waals surface area contributed by atoms with E-state index in [0.29, 0.717) is 16.7 Å². The Hall–Kier alpha value is -2.60. The minimum Gasteiger partial charge on any atom is -0.496 e. The van der Waals surface area contributed by atoms with Gasteiger partial charge in [-0.05, 0) is 18.2 Å². The van der Waals surface area contributed by atoms with Gasteiger partial charge in [-0.1, -0.05) is 41.9 Å². The van der Waals surface area contributed by atoms with Crippen molar-refractivity contribution in [3.63, 3.8) is 0 Å². The van der Waals surface area contributed by atoms with Crippen LogP contribution in [-0.2, 0) is 4.79 Å². The Labute approximate surface area is 130 Å². The molecule has 0 fully saturated rings. The van der Waals surface area contributed by atoms with Gasteiger partial charge in [-0.15, -0.1) is 0 Å². The monoisotopic (exact) mass is 314 g/mol. The van der Waals surface area contributed by atoms with E-state index in [0.717, 1.165) is 4.70 Å². The molecule has 0 aliphatic heterocycles. The lowest BCUT2D eigenvalue weighted by Gasteiger charge is -2.16. The summed E-state index contributed by atoms with van der Waals surface area (Å²) in [5.74, 6) is -0.0752. The van der Waals surface area contributed by atoms with E-state index in [1.54, 1.807) is 36.4 Å². The second kappa shape index (κ2) is 5.65. The van der Waals surface area contributed by atoms with Gasteiger partial charge < -0.3 is 10.5 Å². The van der Waals surface area contributed by atoms with Gasteiger partial charge in [-0.3, -0.25) is 9.59 Å². The minimum atomic E-state index is -0.888. The highest BCUT2D eigenvalue weighted by molar-refractivity contribution is 7.14. The van der Waals surface area contributed by atoms with Crippen molar-refractivity contribution in [1.29, 1.82) is 0 Å². The van der Waals surface area contributed by atoms with Gasteiger partial charge in [0.1, 0.15) is 5.75 Å². The van der Waals surface area contributed by atoms with Crippen molar-refractivity contribution in [2.24, 2.45) is 5.73 Å². The van der Waals surface area contributed by atoms with E-state index in [9.17, 15) is 9.59 Å². The van der Waals surface area contributed by atoms with Crippen LogP contribution >= 0.6 is 11.5 Å². The zero-order chi connectivity index (χ0) is 15.7. The summed E-state index contributed by atoms with van der Waals surface area (Å²) < 4.78 is 7.51. The Morgan fingerprint density at radius 2 is 1.86 bits per heavy atom. The molecule has 1 amide bonds. The number of ether oxygens (including phenoxy) is 1. The number of para-hydroxylation sites is 1. The number of amides is 1. The average Bonchev–Trinajstić information content (AvgIpc) is 2.85. The molecule has 1 unspecified atom stereocenters. The van der Waals surface area contributed by atoms with Crippen LogP contribution in [0.4, 0.5) is 0 Å². The van der Waals surface area contributed by atoms with Crippen LogP contribution in [0.1, 0.15) is 11.6 Å². The number of nitrogens with zero attached hydrogens (tertiary/aromatic N) is 1. The quantitative estimate of drug-likeness (QED) is 0.802. The van der Waals surface area contributed by atoms with E-state index in [-0.39, 0.29) is 5.56 Å². The molecule has 1 heterocycles. The fourth-order valence-electron chi connectivity index (χ4n) is 2.45. The molecule has 5 nitrogen and oxygen atoms in total. The Bertz CT molecular complexity index is 898. The summed E-state index contributed by atoms with van der Waals surface area (Å²) in [5.41, 5.74) is 5.92. The van der Waals surface area contributed by atoms with Crippen molar-refractivity contribution in [3.05, 3.63) is 64.4 Å². The molecule has 0 aliphatic carbocycles. The number of hydrogen-bond acceptors (Lipinski definition) is 4. The number of fused-ring (bicyclic) bond motifs is 1. The van der Waals surface area contributed by atoms with Crippen molar-refractivity contribution in [3.8, 4) is 5.75 Å². The molecule has 0 saturated heterocycles. The molecule has 112 valence electrons. The second-order valence-corrected chi connectivity index (χ2v) is 5.78. The number of methoxy groups -OCH3 is 1. The van der Waals surface area contributed by atoms with Crippen molar-refractivity contribution in [1.82, 2.24) is 3.96 Å². The Balaban J connectivity index is 2.25. The molecule has 3 aromatic rings. The zero-order valence-electron chi connectivity index (χ0n) is 11.9. The highest BCUT2D eigenvalue weighted by atomic mass is 32.1. The highest BCUT2D eigenvalue weighted by Crippen LogP contribution is 2.30. The maximum atomic E-state index is 12.6. The average molecular weight is 314 g/mol. The van der Waals surface area contributed by atoms with E-state index in [1.165, 1.54) is 22.6 Å². The molecule has 0 radical (unpaired) electrons. The van der Waals surface area contributed by atoms with E-state index >= 15 is 0 Å². The van der Waals surface area contributed by atoms with E-state index in [1.807, 2.05) is 12.1 Å². The molecule has 1 aromatic heterocycles. The van der Waals surface area contributed by atoms with Crippen molar-refractivity contribution in [2.75, 3.05) is 7.11 Å². The number of carbonyl (C=O) groups excluding carboxylic acids is 1. The standard InChI is InChI=1S/C16H14N2O3S/c1-21-12-8-4-2-6-10(12)14(15(17)19)18-16(20)11-7-3-5-9-13(11)22-18/h2-9,14H,1H3,(H2,17,19). The van der Waals surface area contributed by atoms with Crippen LogP contribution in [0.5, 0.6) is 5.75 Å². The first-order valence-electron chi connectivity index (χ1n) is 6.66. The normalized spacial score (nSPS) is 12.2. The number of primary amides is 1. The first kappa shape index (κ1) is 14.3. The van der Waals surface area contributed by atoms with Gasteiger partial charge in [-0.25, -0.2) is 3.96 Å². The predicted octanol–water partition coefficient (Wildman–Crippen LogP) is 2.15. The van der Waals surface area contributed by atoms with Crippen molar-refractivity contribution < 1.29 is 9.53 Å². The van der Waals surface area contributed by atoms with Gasteiger partial charge in [0.05, 0.1) is 17.2 Å². The molecule has 2 aromatic carbocycles. The van der Waals surface area contributed by atoms with Crippen LogP contribution in [0.15, 0.2) is 53.3 Å². The smallest absolute Gasteiger partial charge is 0.269 e. The second-order valence-electron chi connectivity index (χ2n) is 4.77. The number of carbonyl (C=O) groups is 1. The first-order chi connectivity index (χ1) is 10.6. The summed E-state index contributed by atoms with van der Waals surface area (Å²) in [6, 6.07) is 13.4. The van der Waals surface area contributed by atoms with E-state index in [4.69, 9.17) is 10.5 Å². The van der Waals surface area contributed by atoms with Crippen LogP contribution in [0.3, 0.4) is 0 Å². The summed E-state index contributed by atoms with van der Waals surface area (Å²) in [6.45, 7) is 0. The topological polar surface area (TPSA) is 74.3 Å². The molecule has 6 heteroatoms. The minimum absolute atomic E-state index is 0.227. The van der Waals surface area contributed by atoms with Gasteiger partial charge in [0.15, 0.2) is 6.04 Å². The molecule has 0 aliphatic rings. The zero-order valence-corrected chi connectivity index (χ0v) is 12.7. The third kappa shape index (κ3) is 2.27. The third-order valence-corrected chi connectivity index (χ3v) is 4.58. The van der Waals surface area contributed by atoms with Gasteiger partial charge in [0.2, 0.25) is 5.91 Å². The summed E-state index contributed by atoms with van der Waals surface area (Å²) in [4.78, 5) is 24.6. The largest absolute Gasteiger partial charge is 0.496 e. The van der Waals surface area contributed by atoms with Crippen LogP contribution in [0.25, 0.3) is 10.1 Å². The number of hydrogen-bond donors (Lipinski definition) is 1. The molecule has 22 heavy (non-hydrogen) atoms. The number of aromatic nitrogens is 1. The fourth-order valence-corrected chi connectivity index (χ4v) is 3.56. The Morgan fingerprint density at radius 3 is 2.55 bits per heavy atom. The number of benzene rings is 2. The molecule has 2 N–H and O–H groups in total. The van der Waals surface area contributed by atoms with Crippen molar-refractivity contribution >= 4 is 27.5 Å². The van der Waals surface area contributed by atoms with Crippen molar-refractivity contribution in [2.45, 2.75) is 6.04 Å². The maximum Gasteiger partial charge on any atom is 0.269 e. The predicted molar refractivity (Wildman–Crippen MR) is 86.4 cm³/mol. The lowest BCUT2D eigenvalue weighted by molar-refractivity contribution is -0.119. The van der Waals surface area contributed by atoms with Gasteiger partial charge in [0.25, 0.3) is 5.56 Å². The number of nitrogens with two attached hydrogens (primary N) is 1. The van der Waals surface area contributed by atoms with Crippen LogP contribution in [0.2, 0.25) is 0 Å². The maximum absolute atomic E-state index is 12.6. The van der Waals surface area contributed by atoms with Gasteiger partial charge in [-0.2, -0.15) is 0 Å². The molecule has 0 saturated carbocycles. The molecular formula is C16H14N2O3S. The molecule has 0 bridgehead atoms. The van der Waals surface area contributed by atoms with Crippen LogP contribution in [0, 0.1) is 0 Å². The lowest BCUT2D eigenvalue weighted by atomic mass is 10.1. The molecule has 0 spiro atoms. The molecule has 3 rings (SSSR count). The molecular weight excluding hydrogens is 300 g/mol. The highest BCUT2D eigenvalue weighted by Gasteiger charge is 2.26. The Kier molecular flexibility index (Phi) is 3.68. The SMILES string of the molecule is COc1ccccc1C(C(N)=O)n1sc2ccccc2c1=O. The van der Waals surface area contributed by atoms with E-state index < -0.39 is 11.9 Å². The van der Waals surface area contributed by atoms with Gasteiger partial charge in [0, 0.05) is 5.56 Å². The molecule has 1 atom stereocenters. The first-order valence-corrected chi connectivity index (χ1v) is 7.43. The van der Waals surface area contributed by atoms with Crippen LogP contribution in [-0.4, -0.2) is 17.0 Å². The summed E-state index contributed by atoms with van der Waals surface area (Å²) in [5, 5.41) is 0.577. The summed E-state index contributed by atoms with van der Waals surface area (Å²) >= 11 is 1.22. The summed E-state index contributed by atoms with van der Waals surface area (Å²) in [7, 11) is 1.52. The van der Waals surface area contributed by atoms with Crippen LogP contribution < -0.4 is 16.0 Å². The summed E-state index contributed by atoms with van der Waals surface area (Å²) in [6.07, 6.45) is 0. The Morgan fingerprint density at radius 1 is 1.18 bits per heavy atom. The fraction of sp³-hybridized carbons (Fsp3) is 0.125. The third-order valence-electron chi connectivity index (χ3n) is 3.45. The van der Waals surface area contributed by atoms with Gasteiger partial charge >= 0.3 is 0 Å². The van der Waals surface area contributed by atoms with E-state index in [2.05, 4.69) is 0 Å².